The Balaban J connectivity index is 1.78. The molecule has 146 valence electrons. The van der Waals surface area contributed by atoms with Crippen molar-refractivity contribution < 1.29 is 14.0 Å². The van der Waals surface area contributed by atoms with E-state index in [1.807, 2.05) is 18.2 Å². The second-order valence-corrected chi connectivity index (χ2v) is 6.35. The van der Waals surface area contributed by atoms with E-state index in [1.165, 1.54) is 11.8 Å². The summed E-state index contributed by atoms with van der Waals surface area (Å²) in [6.45, 7) is 6.99. The number of carbonyl (C=O) groups is 2. The summed E-state index contributed by atoms with van der Waals surface area (Å²) in [4.78, 5) is 26.3. The predicted octanol–water partition coefficient (Wildman–Crippen LogP) is 2.47. The zero-order valence-electron chi connectivity index (χ0n) is 16.1. The summed E-state index contributed by atoms with van der Waals surface area (Å²) < 4.78 is 5.02. The minimum Gasteiger partial charge on any atom is -0.459 e. The maximum absolute atomic E-state index is 12.2. The van der Waals surface area contributed by atoms with Crippen LogP contribution < -0.4 is 10.6 Å². The van der Waals surface area contributed by atoms with Crippen molar-refractivity contribution >= 4 is 11.8 Å². The van der Waals surface area contributed by atoms with E-state index in [2.05, 4.69) is 41.5 Å². The zero-order valence-corrected chi connectivity index (χ0v) is 16.1. The molecule has 2 amide bonds. The number of nitrogens with one attached hydrogen (secondary N) is 2. The fourth-order valence-electron chi connectivity index (χ4n) is 3.06. The van der Waals surface area contributed by atoms with Gasteiger partial charge in [0.1, 0.15) is 0 Å². The maximum Gasteiger partial charge on any atom is 0.286 e. The lowest BCUT2D eigenvalue weighted by Crippen LogP contribution is -2.45. The van der Waals surface area contributed by atoms with Gasteiger partial charge < -0.3 is 15.1 Å². The van der Waals surface area contributed by atoms with Crippen LogP contribution in [0.15, 0.2) is 53.1 Å². The average molecular weight is 371 g/mol. The predicted molar refractivity (Wildman–Crippen MR) is 106 cm³/mol. The highest BCUT2D eigenvalue weighted by molar-refractivity contribution is 5.91. The first-order valence-corrected chi connectivity index (χ1v) is 9.50. The molecule has 1 heterocycles. The Hall–Kier alpha value is -2.60. The van der Waals surface area contributed by atoms with Crippen molar-refractivity contribution in [3.05, 3.63) is 60.1 Å². The minimum absolute atomic E-state index is 0.0695. The van der Waals surface area contributed by atoms with Crippen LogP contribution in [0.1, 0.15) is 36.4 Å². The Labute approximate surface area is 160 Å². The molecule has 0 spiro atoms. The van der Waals surface area contributed by atoms with Crippen LogP contribution in [0.2, 0.25) is 0 Å². The van der Waals surface area contributed by atoms with Crippen LogP contribution in [0.3, 0.4) is 0 Å². The van der Waals surface area contributed by atoms with Crippen LogP contribution in [0.5, 0.6) is 0 Å². The highest BCUT2D eigenvalue weighted by atomic mass is 16.3. The fourth-order valence-corrected chi connectivity index (χ4v) is 3.06. The molecule has 1 aromatic heterocycles. The molecule has 0 saturated heterocycles. The number of likely N-dealkylation sites (N-methyl/N-ethyl adjacent to an activating group) is 1. The van der Waals surface area contributed by atoms with Crippen molar-refractivity contribution in [1.82, 2.24) is 15.5 Å². The van der Waals surface area contributed by atoms with Gasteiger partial charge in [-0.15, -0.1) is 0 Å². The van der Waals surface area contributed by atoms with Gasteiger partial charge in [-0.1, -0.05) is 44.2 Å². The number of carbonyl (C=O) groups excluding carboxylic acids is 2. The van der Waals surface area contributed by atoms with E-state index >= 15 is 0 Å². The van der Waals surface area contributed by atoms with Crippen LogP contribution >= 0.6 is 0 Å². The standard InChI is InChI=1S/C21H29N3O3/c1-3-24(4-2)18(15-17-9-6-5-7-10-17)16-23-20(25)12-13-22-21(26)19-11-8-14-27-19/h5-11,14,18H,3-4,12-13,15-16H2,1-2H3,(H,22,26)(H,23,25). The minimum atomic E-state index is -0.308. The molecule has 1 atom stereocenters. The van der Waals surface area contributed by atoms with Crippen molar-refractivity contribution in [3.8, 4) is 0 Å². The third kappa shape index (κ3) is 6.90. The summed E-state index contributed by atoms with van der Waals surface area (Å²) in [7, 11) is 0. The van der Waals surface area contributed by atoms with E-state index in [9.17, 15) is 9.59 Å². The number of amides is 2. The van der Waals surface area contributed by atoms with Crippen molar-refractivity contribution in [2.45, 2.75) is 32.7 Å². The number of hydrogen-bond acceptors (Lipinski definition) is 4. The molecular weight excluding hydrogens is 342 g/mol. The number of furan rings is 1. The quantitative estimate of drug-likeness (QED) is 0.636. The van der Waals surface area contributed by atoms with Crippen molar-refractivity contribution in [3.63, 3.8) is 0 Å². The second-order valence-electron chi connectivity index (χ2n) is 6.35. The molecule has 0 radical (unpaired) electrons. The van der Waals surface area contributed by atoms with Crippen molar-refractivity contribution in [1.29, 1.82) is 0 Å². The molecule has 0 bridgehead atoms. The first-order valence-electron chi connectivity index (χ1n) is 9.50. The molecule has 6 nitrogen and oxygen atoms in total. The van der Waals surface area contributed by atoms with Crippen molar-refractivity contribution in [2.24, 2.45) is 0 Å². The molecule has 0 aliphatic heterocycles. The molecule has 2 N–H and O–H groups in total. The van der Waals surface area contributed by atoms with Crippen LogP contribution in [-0.2, 0) is 11.2 Å². The van der Waals surface area contributed by atoms with Gasteiger partial charge in [0.05, 0.1) is 6.26 Å². The first kappa shape index (κ1) is 20.7. The second kappa shape index (κ2) is 11.2. The van der Waals surface area contributed by atoms with Crippen molar-refractivity contribution in [2.75, 3.05) is 26.2 Å². The fraction of sp³-hybridized carbons (Fsp3) is 0.429. The van der Waals surface area contributed by atoms with E-state index in [4.69, 9.17) is 4.42 Å². The molecule has 0 aliphatic rings. The van der Waals surface area contributed by atoms with E-state index in [0.717, 1.165) is 19.5 Å². The monoisotopic (exact) mass is 371 g/mol. The van der Waals surface area contributed by atoms with Gasteiger partial charge in [-0.3, -0.25) is 14.5 Å². The number of nitrogens with zero attached hydrogens (tertiary/aromatic N) is 1. The van der Waals surface area contributed by atoms with E-state index < -0.39 is 0 Å². The molecule has 1 aromatic carbocycles. The number of benzene rings is 1. The summed E-state index contributed by atoms with van der Waals surface area (Å²) in [6.07, 6.45) is 2.57. The first-order chi connectivity index (χ1) is 13.1. The Bertz CT molecular complexity index is 682. The third-order valence-corrected chi connectivity index (χ3v) is 4.56. The molecule has 0 saturated carbocycles. The summed E-state index contributed by atoms with van der Waals surface area (Å²) in [5.74, 6) is -0.127. The molecule has 0 aliphatic carbocycles. The lowest BCUT2D eigenvalue weighted by Gasteiger charge is -2.30. The number of hydrogen-bond donors (Lipinski definition) is 2. The topological polar surface area (TPSA) is 74.6 Å². The SMILES string of the molecule is CCN(CC)C(CNC(=O)CCNC(=O)c1ccco1)Cc1ccccc1. The van der Waals surface area contributed by atoms with Gasteiger partial charge >= 0.3 is 0 Å². The van der Waals surface area contributed by atoms with Gasteiger partial charge in [-0.25, -0.2) is 0 Å². The van der Waals surface area contributed by atoms with Gasteiger partial charge in [-0.05, 0) is 37.2 Å². The summed E-state index contributed by atoms with van der Waals surface area (Å²) in [5, 5.41) is 5.69. The van der Waals surface area contributed by atoms with Gasteiger partial charge in [0.25, 0.3) is 5.91 Å². The summed E-state index contributed by atoms with van der Waals surface area (Å²) in [6, 6.07) is 13.8. The van der Waals surface area contributed by atoms with Crippen LogP contribution in [0.25, 0.3) is 0 Å². The largest absolute Gasteiger partial charge is 0.459 e. The zero-order chi connectivity index (χ0) is 19.5. The Morgan fingerprint density at radius 2 is 1.78 bits per heavy atom. The average Bonchev–Trinajstić information content (AvgIpc) is 3.22. The maximum atomic E-state index is 12.2. The van der Waals surface area contributed by atoms with Crippen LogP contribution in [0.4, 0.5) is 0 Å². The van der Waals surface area contributed by atoms with Gasteiger partial charge in [-0.2, -0.15) is 0 Å². The lowest BCUT2D eigenvalue weighted by molar-refractivity contribution is -0.121. The van der Waals surface area contributed by atoms with E-state index in [1.54, 1.807) is 12.1 Å². The number of rotatable bonds is 11. The molecule has 2 rings (SSSR count). The highest BCUT2D eigenvalue weighted by Gasteiger charge is 2.17. The molecular formula is C21H29N3O3. The Morgan fingerprint density at radius 3 is 2.41 bits per heavy atom. The molecule has 6 heteroatoms. The lowest BCUT2D eigenvalue weighted by atomic mass is 10.0. The molecule has 0 fully saturated rings. The summed E-state index contributed by atoms with van der Waals surface area (Å²) >= 11 is 0. The van der Waals surface area contributed by atoms with Gasteiger partial charge in [0.2, 0.25) is 5.91 Å². The molecule has 2 aromatic rings. The van der Waals surface area contributed by atoms with Gasteiger partial charge in [0, 0.05) is 25.6 Å². The molecule has 1 unspecified atom stereocenters. The van der Waals surface area contributed by atoms with Crippen LogP contribution in [0, 0.1) is 0 Å². The molecule has 27 heavy (non-hydrogen) atoms. The Kier molecular flexibility index (Phi) is 8.58. The normalized spacial score (nSPS) is 12.0. The van der Waals surface area contributed by atoms with E-state index in [0.29, 0.717) is 6.54 Å². The Morgan fingerprint density at radius 1 is 1.04 bits per heavy atom. The smallest absolute Gasteiger partial charge is 0.286 e. The highest BCUT2D eigenvalue weighted by Crippen LogP contribution is 2.09. The van der Waals surface area contributed by atoms with Crippen LogP contribution in [-0.4, -0.2) is 48.9 Å². The third-order valence-electron chi connectivity index (χ3n) is 4.56. The van der Waals surface area contributed by atoms with E-state index in [-0.39, 0.29) is 36.6 Å². The summed E-state index contributed by atoms with van der Waals surface area (Å²) in [5.41, 5.74) is 1.26. The van der Waals surface area contributed by atoms with Gasteiger partial charge in [0.15, 0.2) is 5.76 Å².